The Kier molecular flexibility index (Phi) is 12.3. The van der Waals surface area contributed by atoms with Crippen LogP contribution in [-0.2, 0) is 35.2 Å². The van der Waals surface area contributed by atoms with E-state index in [1.165, 1.54) is 0 Å². The van der Waals surface area contributed by atoms with E-state index in [0.29, 0.717) is 6.42 Å². The van der Waals surface area contributed by atoms with E-state index in [4.69, 9.17) is 16.6 Å². The van der Waals surface area contributed by atoms with Crippen molar-refractivity contribution in [2.45, 2.75) is 76.5 Å². The summed E-state index contributed by atoms with van der Waals surface area (Å²) in [5.74, 6) is -6.19. The molecule has 0 bridgehead atoms. The Hall–Kier alpha value is -4.46. The summed E-state index contributed by atoms with van der Waals surface area (Å²) in [6, 6.07) is 2.30. The van der Waals surface area contributed by atoms with Gasteiger partial charge in [0.25, 0.3) is 0 Å². The molecule has 0 radical (unpaired) electrons. The zero-order valence-corrected chi connectivity index (χ0v) is 23.0. The second kappa shape index (κ2) is 15.4. The Labute approximate surface area is 236 Å². The predicted molar refractivity (Wildman–Crippen MR) is 148 cm³/mol. The van der Waals surface area contributed by atoms with Crippen LogP contribution in [0.3, 0.4) is 0 Å². The molecule has 14 nitrogen and oxygen atoms in total. The van der Waals surface area contributed by atoms with Gasteiger partial charge >= 0.3 is 11.9 Å². The summed E-state index contributed by atoms with van der Waals surface area (Å²) in [7, 11) is 0. The van der Waals surface area contributed by atoms with Gasteiger partial charge in [0.05, 0.1) is 6.04 Å². The zero-order valence-electron chi connectivity index (χ0n) is 23.0. The lowest BCUT2D eigenvalue weighted by Gasteiger charge is -2.26. The molecule has 10 N–H and O–H groups in total. The topological polar surface area (TPSA) is 247 Å². The Morgan fingerprint density at radius 2 is 1.49 bits per heavy atom. The van der Waals surface area contributed by atoms with Crippen molar-refractivity contribution in [2.75, 3.05) is 0 Å². The number of benzene rings is 1. The molecule has 5 unspecified atom stereocenters. The highest BCUT2D eigenvalue weighted by atomic mass is 16.4. The van der Waals surface area contributed by atoms with Crippen LogP contribution in [0.2, 0.25) is 0 Å². The van der Waals surface area contributed by atoms with Gasteiger partial charge in [-0.25, -0.2) is 4.79 Å². The standard InChI is InChI=1S/C27H38N6O8/c1-3-14(2)23(27(40)41)33-26(39)19(8-10-21(29)34)32-25(38)20(9-11-22(35)36)31-24(37)17(28)12-15-13-30-18-7-5-4-6-16(15)18/h4-7,13-14,17,19-20,23,30H,3,8-12,28H2,1-2H3,(H2,29,34)(H,31,37)(H,32,38)(H,33,39)(H,35,36)(H,40,41). The Bertz CT molecular complexity index is 1260. The highest BCUT2D eigenvalue weighted by Gasteiger charge is 2.32. The van der Waals surface area contributed by atoms with Crippen molar-refractivity contribution in [3.05, 3.63) is 36.0 Å². The summed E-state index contributed by atoms with van der Waals surface area (Å²) in [6.07, 6.45) is 0.931. The number of primary amides is 1. The quantitative estimate of drug-likeness (QED) is 0.124. The van der Waals surface area contributed by atoms with Gasteiger partial charge in [-0.2, -0.15) is 0 Å². The van der Waals surface area contributed by atoms with E-state index in [1.54, 1.807) is 20.0 Å². The van der Waals surface area contributed by atoms with Crippen molar-refractivity contribution in [1.29, 1.82) is 0 Å². The lowest BCUT2D eigenvalue weighted by molar-refractivity contribution is -0.144. The first kappa shape index (κ1) is 32.8. The summed E-state index contributed by atoms with van der Waals surface area (Å²) in [4.78, 5) is 76.5. The van der Waals surface area contributed by atoms with E-state index in [2.05, 4.69) is 20.9 Å². The number of para-hydroxylation sites is 1. The molecule has 0 saturated carbocycles. The lowest BCUT2D eigenvalue weighted by atomic mass is 9.98. The van der Waals surface area contributed by atoms with Gasteiger partial charge in [0.1, 0.15) is 18.1 Å². The molecular weight excluding hydrogens is 536 g/mol. The molecule has 0 aliphatic heterocycles. The first-order valence-corrected chi connectivity index (χ1v) is 13.3. The number of H-pyrrole nitrogens is 1. The molecular formula is C27H38N6O8. The molecule has 1 aromatic carbocycles. The van der Waals surface area contributed by atoms with Crippen molar-refractivity contribution < 1.29 is 39.0 Å². The molecule has 0 aliphatic rings. The number of aliphatic carboxylic acids is 2. The fourth-order valence-electron chi connectivity index (χ4n) is 4.21. The third kappa shape index (κ3) is 9.90. The average molecular weight is 575 g/mol. The molecule has 0 fully saturated rings. The van der Waals surface area contributed by atoms with Crippen molar-refractivity contribution in [3.8, 4) is 0 Å². The zero-order chi connectivity index (χ0) is 30.7. The van der Waals surface area contributed by atoms with Crippen LogP contribution >= 0.6 is 0 Å². The van der Waals surface area contributed by atoms with Crippen molar-refractivity contribution in [3.63, 3.8) is 0 Å². The van der Waals surface area contributed by atoms with Crippen LogP contribution in [0.4, 0.5) is 0 Å². The van der Waals surface area contributed by atoms with Crippen LogP contribution in [0.1, 0.15) is 51.5 Å². The molecule has 1 aromatic heterocycles. The minimum absolute atomic E-state index is 0.124. The SMILES string of the molecule is CCC(C)C(NC(=O)C(CCC(N)=O)NC(=O)C(CCC(=O)O)NC(=O)C(N)Cc1c[nH]c2ccccc12)C(=O)O. The number of carboxylic acids is 2. The Morgan fingerprint density at radius 1 is 0.902 bits per heavy atom. The predicted octanol–water partition coefficient (Wildman–Crippen LogP) is -0.247. The van der Waals surface area contributed by atoms with Crippen LogP contribution in [0.25, 0.3) is 10.9 Å². The molecule has 14 heteroatoms. The molecule has 2 rings (SSSR count). The van der Waals surface area contributed by atoms with E-state index in [0.717, 1.165) is 16.5 Å². The molecule has 224 valence electrons. The fourth-order valence-corrected chi connectivity index (χ4v) is 4.21. The van der Waals surface area contributed by atoms with Crippen LogP contribution in [-0.4, -0.2) is 74.9 Å². The molecule has 2 aromatic rings. The number of carboxylic acid groups (broad SMARTS) is 2. The second-order valence-electron chi connectivity index (χ2n) is 9.94. The molecule has 1 heterocycles. The number of nitrogens with two attached hydrogens (primary N) is 2. The third-order valence-corrected chi connectivity index (χ3v) is 6.82. The van der Waals surface area contributed by atoms with Gasteiger partial charge in [-0.1, -0.05) is 38.5 Å². The minimum atomic E-state index is -1.39. The van der Waals surface area contributed by atoms with Crippen molar-refractivity contribution in [1.82, 2.24) is 20.9 Å². The maximum atomic E-state index is 13.2. The average Bonchev–Trinajstić information content (AvgIpc) is 3.33. The number of carbonyl (C=O) groups excluding carboxylic acids is 4. The van der Waals surface area contributed by atoms with Gasteiger partial charge in [-0.05, 0) is 36.8 Å². The van der Waals surface area contributed by atoms with E-state index < -0.39 is 72.1 Å². The highest BCUT2D eigenvalue weighted by Crippen LogP contribution is 2.19. The van der Waals surface area contributed by atoms with Crippen LogP contribution in [0.15, 0.2) is 30.5 Å². The van der Waals surface area contributed by atoms with Gasteiger partial charge in [-0.3, -0.25) is 24.0 Å². The summed E-state index contributed by atoms with van der Waals surface area (Å²) >= 11 is 0. The third-order valence-electron chi connectivity index (χ3n) is 6.82. The van der Waals surface area contributed by atoms with Gasteiger partial charge in [-0.15, -0.1) is 0 Å². The number of hydrogen-bond donors (Lipinski definition) is 8. The molecule has 4 amide bonds. The van der Waals surface area contributed by atoms with Gasteiger partial charge < -0.3 is 42.6 Å². The van der Waals surface area contributed by atoms with Crippen molar-refractivity contribution >= 4 is 46.5 Å². The maximum Gasteiger partial charge on any atom is 0.326 e. The Morgan fingerprint density at radius 3 is 2.07 bits per heavy atom. The largest absolute Gasteiger partial charge is 0.481 e. The van der Waals surface area contributed by atoms with Gasteiger partial charge in [0.2, 0.25) is 23.6 Å². The smallest absolute Gasteiger partial charge is 0.326 e. The lowest BCUT2D eigenvalue weighted by Crippen LogP contribution is -2.58. The summed E-state index contributed by atoms with van der Waals surface area (Å²) in [5.41, 5.74) is 12.9. The first-order chi connectivity index (χ1) is 19.3. The first-order valence-electron chi connectivity index (χ1n) is 13.3. The second-order valence-corrected chi connectivity index (χ2v) is 9.94. The Balaban J connectivity index is 2.18. The van der Waals surface area contributed by atoms with E-state index >= 15 is 0 Å². The molecule has 0 spiro atoms. The van der Waals surface area contributed by atoms with E-state index in [9.17, 15) is 33.9 Å². The van der Waals surface area contributed by atoms with Gasteiger partial charge in [0, 0.05) is 29.9 Å². The summed E-state index contributed by atoms with van der Waals surface area (Å²) < 4.78 is 0. The minimum Gasteiger partial charge on any atom is -0.481 e. The maximum absolute atomic E-state index is 13.2. The van der Waals surface area contributed by atoms with Crippen LogP contribution in [0.5, 0.6) is 0 Å². The number of aromatic amines is 1. The number of carbonyl (C=O) groups is 6. The number of amides is 4. The van der Waals surface area contributed by atoms with E-state index in [-0.39, 0.29) is 25.7 Å². The number of aromatic nitrogens is 1. The number of hydrogen-bond acceptors (Lipinski definition) is 7. The molecule has 0 saturated heterocycles. The van der Waals surface area contributed by atoms with Crippen LogP contribution < -0.4 is 27.4 Å². The molecule has 41 heavy (non-hydrogen) atoms. The van der Waals surface area contributed by atoms with E-state index in [1.807, 2.05) is 24.3 Å². The summed E-state index contributed by atoms with van der Waals surface area (Å²) in [5, 5.41) is 26.8. The molecule has 5 atom stereocenters. The highest BCUT2D eigenvalue weighted by molar-refractivity contribution is 5.95. The fraction of sp³-hybridized carbons (Fsp3) is 0.481. The monoisotopic (exact) mass is 574 g/mol. The number of nitrogens with one attached hydrogen (secondary N) is 4. The number of rotatable bonds is 17. The summed E-state index contributed by atoms with van der Waals surface area (Å²) in [6.45, 7) is 3.38. The normalized spacial score (nSPS) is 14.7. The van der Waals surface area contributed by atoms with Gasteiger partial charge in [0.15, 0.2) is 0 Å². The number of fused-ring (bicyclic) bond motifs is 1. The van der Waals surface area contributed by atoms with Crippen molar-refractivity contribution in [2.24, 2.45) is 17.4 Å². The van der Waals surface area contributed by atoms with Crippen LogP contribution in [0, 0.1) is 5.92 Å². The molecule has 0 aliphatic carbocycles.